The normalized spacial score (nSPS) is 20.1. The predicted molar refractivity (Wildman–Crippen MR) is 75.5 cm³/mol. The average molecular weight is 298 g/mol. The zero-order chi connectivity index (χ0) is 15.6. The van der Waals surface area contributed by atoms with Crippen molar-refractivity contribution in [2.24, 2.45) is 5.73 Å². The molecule has 0 bridgehead atoms. The molecule has 1 aliphatic rings. The van der Waals surface area contributed by atoms with Crippen LogP contribution in [0, 0.1) is 0 Å². The van der Waals surface area contributed by atoms with Gasteiger partial charge >= 0.3 is 0 Å². The second kappa shape index (κ2) is 5.97. The second-order valence-electron chi connectivity index (χ2n) is 5.45. The largest absolute Gasteiger partial charge is 0.497 e. The molecule has 0 aliphatic carbocycles. The molecule has 1 aromatic carbocycles. The summed E-state index contributed by atoms with van der Waals surface area (Å²) in [6.07, 6.45) is -0.289. The molecule has 1 heterocycles. The van der Waals surface area contributed by atoms with E-state index in [2.05, 4.69) is 0 Å². The minimum Gasteiger partial charge on any atom is -0.497 e. The highest BCUT2D eigenvalue weighted by Crippen LogP contribution is 2.29. The highest BCUT2D eigenvalue weighted by molar-refractivity contribution is 5.83. The summed E-state index contributed by atoms with van der Waals surface area (Å²) in [5.41, 5.74) is 6.84. The standard InChI is InChI=1S/C15H20F2N2O2/c1-10(11-3-5-12(21-2)6-4-11)13(18)14(20)19-8-7-15(16,17)9-19/h3-6,10,13H,7-9,18H2,1-2H3. The third kappa shape index (κ3) is 3.50. The summed E-state index contributed by atoms with van der Waals surface area (Å²) in [4.78, 5) is 13.4. The summed E-state index contributed by atoms with van der Waals surface area (Å²) in [6, 6.07) is 6.40. The predicted octanol–water partition coefficient (Wildman–Crippen LogP) is 1.99. The zero-order valence-electron chi connectivity index (χ0n) is 12.2. The SMILES string of the molecule is COc1ccc(C(C)C(N)C(=O)N2CCC(F)(F)C2)cc1. The number of rotatable bonds is 4. The Labute approximate surface area is 122 Å². The van der Waals surface area contributed by atoms with Crippen LogP contribution in [-0.4, -0.2) is 43.0 Å². The lowest BCUT2D eigenvalue weighted by atomic mass is 9.93. The maximum absolute atomic E-state index is 13.2. The minimum absolute atomic E-state index is 0.0644. The van der Waals surface area contributed by atoms with E-state index >= 15 is 0 Å². The van der Waals surface area contributed by atoms with Gasteiger partial charge in [0.15, 0.2) is 0 Å². The Morgan fingerprint density at radius 3 is 2.48 bits per heavy atom. The van der Waals surface area contributed by atoms with Gasteiger partial charge in [0.1, 0.15) is 5.75 Å². The summed E-state index contributed by atoms with van der Waals surface area (Å²) < 4.78 is 31.4. The first-order chi connectivity index (χ1) is 9.84. The summed E-state index contributed by atoms with van der Waals surface area (Å²) in [7, 11) is 1.57. The van der Waals surface area contributed by atoms with Gasteiger partial charge in [-0.2, -0.15) is 0 Å². The third-order valence-electron chi connectivity index (χ3n) is 3.95. The van der Waals surface area contributed by atoms with Crippen molar-refractivity contribution in [1.82, 2.24) is 4.90 Å². The Kier molecular flexibility index (Phi) is 4.46. The van der Waals surface area contributed by atoms with Crippen LogP contribution in [0.15, 0.2) is 24.3 Å². The highest BCUT2D eigenvalue weighted by atomic mass is 19.3. The van der Waals surface area contributed by atoms with Crippen molar-refractivity contribution >= 4 is 5.91 Å². The van der Waals surface area contributed by atoms with Gasteiger partial charge in [-0.1, -0.05) is 19.1 Å². The quantitative estimate of drug-likeness (QED) is 0.925. The maximum atomic E-state index is 13.2. The molecule has 116 valence electrons. The average Bonchev–Trinajstić information content (AvgIpc) is 2.85. The molecule has 21 heavy (non-hydrogen) atoms. The van der Waals surface area contributed by atoms with Gasteiger partial charge in [-0.25, -0.2) is 8.78 Å². The first-order valence-corrected chi connectivity index (χ1v) is 6.90. The molecular weight excluding hydrogens is 278 g/mol. The first kappa shape index (κ1) is 15.7. The van der Waals surface area contributed by atoms with Gasteiger partial charge in [0, 0.05) is 18.9 Å². The molecule has 2 N–H and O–H groups in total. The third-order valence-corrected chi connectivity index (χ3v) is 3.95. The van der Waals surface area contributed by atoms with Crippen LogP contribution in [0.4, 0.5) is 8.78 Å². The van der Waals surface area contributed by atoms with Crippen LogP contribution in [0.5, 0.6) is 5.75 Å². The van der Waals surface area contributed by atoms with Gasteiger partial charge < -0.3 is 15.4 Å². The van der Waals surface area contributed by atoms with Gasteiger partial charge in [0.25, 0.3) is 5.92 Å². The van der Waals surface area contributed by atoms with Crippen molar-refractivity contribution in [1.29, 1.82) is 0 Å². The van der Waals surface area contributed by atoms with Crippen molar-refractivity contribution in [3.05, 3.63) is 29.8 Å². The Morgan fingerprint density at radius 2 is 2.00 bits per heavy atom. The number of carbonyl (C=O) groups is 1. The molecule has 6 heteroatoms. The van der Waals surface area contributed by atoms with E-state index in [4.69, 9.17) is 10.5 Å². The number of nitrogens with zero attached hydrogens (tertiary/aromatic N) is 1. The molecule has 0 radical (unpaired) electrons. The van der Waals surface area contributed by atoms with E-state index in [1.54, 1.807) is 19.2 Å². The number of carbonyl (C=O) groups excluding carboxylic acids is 1. The first-order valence-electron chi connectivity index (χ1n) is 6.90. The highest BCUT2D eigenvalue weighted by Gasteiger charge is 2.42. The summed E-state index contributed by atoms with van der Waals surface area (Å²) in [5.74, 6) is -2.75. The number of nitrogens with two attached hydrogens (primary N) is 1. The summed E-state index contributed by atoms with van der Waals surface area (Å²) in [5, 5.41) is 0. The van der Waals surface area contributed by atoms with Crippen LogP contribution in [0.25, 0.3) is 0 Å². The van der Waals surface area contributed by atoms with E-state index in [-0.39, 0.29) is 18.9 Å². The van der Waals surface area contributed by atoms with E-state index < -0.39 is 24.4 Å². The summed E-state index contributed by atoms with van der Waals surface area (Å²) in [6.45, 7) is 1.35. The fourth-order valence-electron chi connectivity index (χ4n) is 2.46. The lowest BCUT2D eigenvalue weighted by molar-refractivity contribution is -0.133. The fraction of sp³-hybridized carbons (Fsp3) is 0.533. The molecule has 1 aliphatic heterocycles. The van der Waals surface area contributed by atoms with Crippen LogP contribution in [-0.2, 0) is 4.79 Å². The van der Waals surface area contributed by atoms with Gasteiger partial charge in [0.2, 0.25) is 5.91 Å². The van der Waals surface area contributed by atoms with Crippen molar-refractivity contribution < 1.29 is 18.3 Å². The molecule has 0 aromatic heterocycles. The summed E-state index contributed by atoms with van der Waals surface area (Å²) >= 11 is 0. The molecule has 1 fully saturated rings. The van der Waals surface area contributed by atoms with Crippen molar-refractivity contribution in [2.75, 3.05) is 20.2 Å². The zero-order valence-corrected chi connectivity index (χ0v) is 12.2. The van der Waals surface area contributed by atoms with E-state index in [1.807, 2.05) is 19.1 Å². The number of likely N-dealkylation sites (tertiary alicyclic amines) is 1. The van der Waals surface area contributed by atoms with Crippen LogP contribution in [0.1, 0.15) is 24.8 Å². The van der Waals surface area contributed by atoms with Gasteiger partial charge in [-0.3, -0.25) is 4.79 Å². The molecule has 2 atom stereocenters. The van der Waals surface area contributed by atoms with E-state index in [0.29, 0.717) is 5.75 Å². The number of alkyl halides is 2. The number of amides is 1. The Balaban J connectivity index is 2.04. The molecule has 1 aromatic rings. The molecule has 2 rings (SSSR count). The van der Waals surface area contributed by atoms with E-state index in [1.165, 1.54) is 0 Å². The lowest BCUT2D eigenvalue weighted by Gasteiger charge is -2.25. The molecular formula is C15H20F2N2O2. The number of methoxy groups -OCH3 is 1. The number of hydrogen-bond acceptors (Lipinski definition) is 3. The van der Waals surface area contributed by atoms with Crippen molar-refractivity contribution in [3.8, 4) is 5.75 Å². The second-order valence-corrected chi connectivity index (χ2v) is 5.45. The van der Waals surface area contributed by atoms with Crippen LogP contribution in [0.3, 0.4) is 0 Å². The topological polar surface area (TPSA) is 55.6 Å². The van der Waals surface area contributed by atoms with E-state index in [9.17, 15) is 13.6 Å². The lowest BCUT2D eigenvalue weighted by Crippen LogP contribution is -2.46. The number of hydrogen-bond donors (Lipinski definition) is 1. The molecule has 0 spiro atoms. The number of ether oxygens (including phenoxy) is 1. The monoisotopic (exact) mass is 298 g/mol. The van der Waals surface area contributed by atoms with Gasteiger partial charge in [-0.05, 0) is 17.7 Å². The Hall–Kier alpha value is -1.69. The smallest absolute Gasteiger partial charge is 0.267 e. The van der Waals surface area contributed by atoms with Crippen LogP contribution >= 0.6 is 0 Å². The van der Waals surface area contributed by atoms with Crippen molar-refractivity contribution in [2.45, 2.75) is 31.2 Å². The molecule has 2 unspecified atom stereocenters. The number of halogens is 2. The fourth-order valence-corrected chi connectivity index (χ4v) is 2.46. The molecule has 1 saturated heterocycles. The van der Waals surface area contributed by atoms with Crippen molar-refractivity contribution in [3.63, 3.8) is 0 Å². The minimum atomic E-state index is -2.79. The molecule has 1 amide bonds. The van der Waals surface area contributed by atoms with Crippen LogP contribution in [0.2, 0.25) is 0 Å². The van der Waals surface area contributed by atoms with E-state index in [0.717, 1.165) is 10.5 Å². The number of benzene rings is 1. The molecule has 0 saturated carbocycles. The maximum Gasteiger partial charge on any atom is 0.267 e. The Morgan fingerprint density at radius 1 is 1.38 bits per heavy atom. The van der Waals surface area contributed by atoms with Gasteiger partial charge in [0.05, 0.1) is 19.7 Å². The van der Waals surface area contributed by atoms with Crippen LogP contribution < -0.4 is 10.5 Å². The molecule has 4 nitrogen and oxygen atoms in total. The Bertz CT molecular complexity index is 505. The van der Waals surface area contributed by atoms with Gasteiger partial charge in [-0.15, -0.1) is 0 Å².